The normalized spacial score (nSPS) is 28.8. The van der Waals surface area contributed by atoms with Gasteiger partial charge in [0.05, 0.1) is 6.61 Å². The Bertz CT molecular complexity index is 164. The largest absolute Gasteiger partial charge is 0.278 e. The number of hydrogen-bond donors (Lipinski definition) is 0. The Morgan fingerprint density at radius 1 is 1.45 bits per heavy atom. The molecule has 1 aliphatic rings. The van der Waals surface area contributed by atoms with Crippen LogP contribution in [-0.2, 0) is 15.4 Å². The summed E-state index contributed by atoms with van der Waals surface area (Å²) in [7, 11) is 0. The van der Waals surface area contributed by atoms with Crippen LogP contribution in [0.25, 0.3) is 0 Å². The summed E-state index contributed by atoms with van der Waals surface area (Å²) in [6.07, 6.45) is 0.975. The molecular formula is C7H15NO2S. The summed E-state index contributed by atoms with van der Waals surface area (Å²) >= 11 is -1.21. The quantitative estimate of drug-likeness (QED) is 0.554. The first-order valence-electron chi connectivity index (χ1n) is 3.84. The molecule has 0 saturated carbocycles. The molecule has 1 aliphatic heterocycles. The summed E-state index contributed by atoms with van der Waals surface area (Å²) in [6, 6.07) is 0. The molecule has 66 valence electrons. The molecule has 11 heavy (non-hydrogen) atoms. The van der Waals surface area contributed by atoms with Crippen LogP contribution in [0.4, 0.5) is 0 Å². The van der Waals surface area contributed by atoms with Crippen LogP contribution in [0.2, 0.25) is 0 Å². The molecule has 0 aliphatic carbocycles. The van der Waals surface area contributed by atoms with Gasteiger partial charge < -0.3 is 0 Å². The first-order chi connectivity index (χ1) is 5.02. The molecule has 0 N–H and O–H groups in total. The molecule has 0 aromatic heterocycles. The maximum absolute atomic E-state index is 11.3. The minimum atomic E-state index is -1.21. The van der Waals surface area contributed by atoms with Crippen molar-refractivity contribution in [2.45, 2.75) is 32.7 Å². The fraction of sp³-hybridized carbons (Fsp3) is 1.00. The molecule has 1 heterocycles. The first-order valence-corrected chi connectivity index (χ1v) is 4.88. The minimum absolute atomic E-state index is 0.0503. The summed E-state index contributed by atoms with van der Waals surface area (Å²) < 4.78 is 18.1. The number of nitrogens with zero attached hydrogens (tertiary/aromatic N) is 1. The Hall–Kier alpha value is 0.0700. The highest BCUT2D eigenvalue weighted by molar-refractivity contribution is 7.77. The van der Waals surface area contributed by atoms with E-state index in [1.54, 1.807) is 0 Å². The highest BCUT2D eigenvalue weighted by atomic mass is 32.2. The Labute approximate surface area is 70.5 Å². The van der Waals surface area contributed by atoms with Crippen molar-refractivity contribution < 1.29 is 8.39 Å². The molecule has 1 saturated heterocycles. The summed E-state index contributed by atoms with van der Waals surface area (Å²) in [5.41, 5.74) is -0.0503. The fourth-order valence-corrected chi connectivity index (χ4v) is 2.15. The van der Waals surface area contributed by atoms with Gasteiger partial charge in [-0.05, 0) is 27.2 Å². The second-order valence-electron chi connectivity index (χ2n) is 3.67. The molecule has 3 nitrogen and oxygen atoms in total. The lowest BCUT2D eigenvalue weighted by atomic mass is 10.1. The van der Waals surface area contributed by atoms with Crippen molar-refractivity contribution in [1.82, 2.24) is 4.31 Å². The van der Waals surface area contributed by atoms with Crippen molar-refractivity contribution in [3.05, 3.63) is 0 Å². The average Bonchev–Trinajstić information content (AvgIpc) is 1.86. The van der Waals surface area contributed by atoms with E-state index in [1.807, 2.05) is 25.1 Å². The first kappa shape index (κ1) is 9.16. The van der Waals surface area contributed by atoms with Gasteiger partial charge in [0.15, 0.2) is 0 Å². The zero-order valence-corrected chi connectivity index (χ0v) is 8.11. The topological polar surface area (TPSA) is 29.5 Å². The maximum Gasteiger partial charge on any atom is 0.237 e. The Morgan fingerprint density at radius 2 is 2.09 bits per heavy atom. The van der Waals surface area contributed by atoms with Gasteiger partial charge in [0.25, 0.3) is 0 Å². The van der Waals surface area contributed by atoms with E-state index in [-0.39, 0.29) is 5.54 Å². The van der Waals surface area contributed by atoms with Gasteiger partial charge in [-0.15, -0.1) is 0 Å². The van der Waals surface area contributed by atoms with E-state index in [2.05, 4.69) is 0 Å². The van der Waals surface area contributed by atoms with Gasteiger partial charge >= 0.3 is 0 Å². The highest BCUT2D eigenvalue weighted by Gasteiger charge is 2.29. The van der Waals surface area contributed by atoms with E-state index in [0.717, 1.165) is 13.0 Å². The summed E-state index contributed by atoms with van der Waals surface area (Å²) in [5, 5.41) is 0. The fourth-order valence-electron chi connectivity index (χ4n) is 1.04. The third kappa shape index (κ3) is 2.25. The molecule has 1 atom stereocenters. The molecular weight excluding hydrogens is 162 g/mol. The Kier molecular flexibility index (Phi) is 2.67. The van der Waals surface area contributed by atoms with Crippen LogP contribution >= 0.6 is 0 Å². The van der Waals surface area contributed by atoms with Crippen molar-refractivity contribution >= 4 is 11.3 Å². The van der Waals surface area contributed by atoms with Crippen LogP contribution in [0.5, 0.6) is 0 Å². The molecule has 0 amide bonds. The zero-order valence-electron chi connectivity index (χ0n) is 7.29. The number of rotatable bonds is 0. The third-order valence-electron chi connectivity index (χ3n) is 1.62. The minimum Gasteiger partial charge on any atom is -0.278 e. The van der Waals surface area contributed by atoms with Crippen molar-refractivity contribution in [3.8, 4) is 0 Å². The van der Waals surface area contributed by atoms with E-state index in [0.29, 0.717) is 6.61 Å². The van der Waals surface area contributed by atoms with Crippen molar-refractivity contribution in [2.24, 2.45) is 0 Å². The smallest absolute Gasteiger partial charge is 0.237 e. The van der Waals surface area contributed by atoms with Gasteiger partial charge in [0, 0.05) is 12.1 Å². The molecule has 0 aromatic carbocycles. The molecule has 0 spiro atoms. The van der Waals surface area contributed by atoms with Gasteiger partial charge in [0.2, 0.25) is 11.3 Å². The lowest BCUT2D eigenvalue weighted by Crippen LogP contribution is -2.46. The van der Waals surface area contributed by atoms with E-state index in [1.165, 1.54) is 0 Å². The lowest BCUT2D eigenvalue weighted by Gasteiger charge is -2.35. The lowest BCUT2D eigenvalue weighted by molar-refractivity contribution is 0.175. The van der Waals surface area contributed by atoms with Crippen LogP contribution in [0.1, 0.15) is 27.2 Å². The van der Waals surface area contributed by atoms with Gasteiger partial charge in [-0.25, -0.2) is 4.21 Å². The second-order valence-corrected chi connectivity index (χ2v) is 4.78. The van der Waals surface area contributed by atoms with E-state index in [9.17, 15) is 4.21 Å². The molecule has 0 bridgehead atoms. The van der Waals surface area contributed by atoms with Gasteiger partial charge in [0.1, 0.15) is 0 Å². The van der Waals surface area contributed by atoms with Crippen molar-refractivity contribution in [2.75, 3.05) is 13.2 Å². The average molecular weight is 177 g/mol. The second kappa shape index (κ2) is 3.21. The van der Waals surface area contributed by atoms with E-state index in [4.69, 9.17) is 4.18 Å². The summed E-state index contributed by atoms with van der Waals surface area (Å²) in [5.74, 6) is 0. The molecule has 1 fully saturated rings. The third-order valence-corrected chi connectivity index (χ3v) is 3.08. The van der Waals surface area contributed by atoms with Gasteiger partial charge in [-0.1, -0.05) is 0 Å². The van der Waals surface area contributed by atoms with Crippen LogP contribution in [-0.4, -0.2) is 27.2 Å². The van der Waals surface area contributed by atoms with Gasteiger partial charge in [-0.3, -0.25) is 4.18 Å². The van der Waals surface area contributed by atoms with Crippen LogP contribution in [0.15, 0.2) is 0 Å². The molecule has 1 rings (SSSR count). The van der Waals surface area contributed by atoms with Crippen LogP contribution < -0.4 is 0 Å². The van der Waals surface area contributed by atoms with E-state index >= 15 is 0 Å². The molecule has 0 radical (unpaired) electrons. The Morgan fingerprint density at radius 3 is 2.45 bits per heavy atom. The number of hydrogen-bond acceptors (Lipinski definition) is 2. The molecule has 0 aromatic rings. The maximum atomic E-state index is 11.3. The predicted octanol–water partition coefficient (Wildman–Crippen LogP) is 1.09. The molecule has 4 heteroatoms. The monoisotopic (exact) mass is 177 g/mol. The van der Waals surface area contributed by atoms with Crippen molar-refractivity contribution in [1.29, 1.82) is 0 Å². The Balaban J connectivity index is 2.62. The van der Waals surface area contributed by atoms with E-state index < -0.39 is 11.3 Å². The predicted molar refractivity (Wildman–Crippen MR) is 45.2 cm³/mol. The summed E-state index contributed by atoms with van der Waals surface area (Å²) in [4.78, 5) is 0. The molecule has 1 unspecified atom stereocenters. The van der Waals surface area contributed by atoms with Gasteiger partial charge in [-0.2, -0.15) is 4.31 Å². The van der Waals surface area contributed by atoms with Crippen LogP contribution in [0, 0.1) is 0 Å². The summed E-state index contributed by atoms with van der Waals surface area (Å²) in [6.45, 7) is 7.62. The van der Waals surface area contributed by atoms with Crippen molar-refractivity contribution in [3.63, 3.8) is 0 Å². The highest BCUT2D eigenvalue weighted by Crippen LogP contribution is 2.19. The standard InChI is InChI=1S/C7H15NO2S/c1-7(2,3)8-5-4-6-10-11(8)9/h4-6H2,1-3H3. The SMILES string of the molecule is CC(C)(C)N1CCCOS1=O. The van der Waals surface area contributed by atoms with Crippen LogP contribution in [0.3, 0.4) is 0 Å². The zero-order chi connectivity index (χ0) is 8.48.